The second-order valence-corrected chi connectivity index (χ2v) is 3.77. The van der Waals surface area contributed by atoms with Crippen molar-refractivity contribution in [2.75, 3.05) is 33.3 Å². The van der Waals surface area contributed by atoms with Crippen LogP contribution in [0.3, 0.4) is 0 Å². The maximum Gasteiger partial charge on any atom is 0.233 e. The van der Waals surface area contributed by atoms with Gasteiger partial charge in [-0.3, -0.25) is 0 Å². The Morgan fingerprint density at radius 2 is 2.00 bits per heavy atom. The lowest BCUT2D eigenvalue weighted by molar-refractivity contribution is 0.216. The molecule has 0 saturated carbocycles. The van der Waals surface area contributed by atoms with Crippen molar-refractivity contribution >= 4 is 0 Å². The van der Waals surface area contributed by atoms with Crippen molar-refractivity contribution in [3.8, 4) is 5.88 Å². The van der Waals surface area contributed by atoms with E-state index in [1.165, 1.54) is 0 Å². The highest BCUT2D eigenvalue weighted by atomic mass is 16.5. The van der Waals surface area contributed by atoms with Crippen LogP contribution in [0.2, 0.25) is 0 Å². The maximum absolute atomic E-state index is 5.54. The highest BCUT2D eigenvalue weighted by molar-refractivity contribution is 5.11. The van der Waals surface area contributed by atoms with Gasteiger partial charge in [-0.25, -0.2) is 0 Å². The quantitative estimate of drug-likeness (QED) is 0.729. The van der Waals surface area contributed by atoms with Crippen molar-refractivity contribution < 1.29 is 4.74 Å². The van der Waals surface area contributed by atoms with Crippen molar-refractivity contribution in [3.05, 3.63) is 17.8 Å². The minimum absolute atomic E-state index is 0.594. The first-order valence-electron chi connectivity index (χ1n) is 6.12. The van der Waals surface area contributed by atoms with E-state index in [2.05, 4.69) is 34.3 Å². The standard InChI is InChI=1S/C12H22N4O/c1-4-16(5-2)8-9-17-12-7-6-11(10-13-3)14-15-12/h6-7,13H,4-5,8-10H2,1-3H3. The Morgan fingerprint density at radius 3 is 2.53 bits per heavy atom. The summed E-state index contributed by atoms with van der Waals surface area (Å²) in [4.78, 5) is 2.31. The molecule has 0 radical (unpaired) electrons. The van der Waals surface area contributed by atoms with Gasteiger partial charge in [-0.1, -0.05) is 13.8 Å². The lowest BCUT2D eigenvalue weighted by Crippen LogP contribution is -2.28. The molecule has 96 valence electrons. The molecule has 1 aromatic rings. The fourth-order valence-corrected chi connectivity index (χ4v) is 1.52. The number of rotatable bonds is 8. The third-order valence-corrected chi connectivity index (χ3v) is 2.61. The molecule has 0 atom stereocenters. The number of hydrogen-bond donors (Lipinski definition) is 1. The topological polar surface area (TPSA) is 50.3 Å². The molecular formula is C12H22N4O. The first kappa shape index (κ1) is 13.9. The molecule has 0 saturated heterocycles. The number of nitrogens with one attached hydrogen (secondary N) is 1. The molecule has 0 unspecified atom stereocenters. The van der Waals surface area contributed by atoms with E-state index in [4.69, 9.17) is 4.74 Å². The Kier molecular flexibility index (Phi) is 6.50. The van der Waals surface area contributed by atoms with Gasteiger partial charge in [0, 0.05) is 19.2 Å². The number of nitrogens with zero attached hydrogens (tertiary/aromatic N) is 3. The van der Waals surface area contributed by atoms with E-state index in [0.717, 1.165) is 31.9 Å². The van der Waals surface area contributed by atoms with Crippen LogP contribution < -0.4 is 10.1 Å². The third kappa shape index (κ3) is 5.10. The van der Waals surface area contributed by atoms with E-state index in [1.54, 1.807) is 0 Å². The van der Waals surface area contributed by atoms with E-state index in [1.807, 2.05) is 19.2 Å². The molecule has 5 nitrogen and oxygen atoms in total. The number of hydrogen-bond acceptors (Lipinski definition) is 5. The Bertz CT molecular complexity index is 298. The first-order chi connectivity index (χ1) is 8.30. The van der Waals surface area contributed by atoms with Gasteiger partial charge in [0.1, 0.15) is 6.61 Å². The van der Waals surface area contributed by atoms with Crippen LogP contribution >= 0.6 is 0 Å². The van der Waals surface area contributed by atoms with Gasteiger partial charge in [-0.2, -0.15) is 5.10 Å². The summed E-state index contributed by atoms with van der Waals surface area (Å²) >= 11 is 0. The van der Waals surface area contributed by atoms with Crippen LogP contribution in [0.15, 0.2) is 12.1 Å². The normalized spacial score (nSPS) is 10.8. The van der Waals surface area contributed by atoms with Gasteiger partial charge >= 0.3 is 0 Å². The smallest absolute Gasteiger partial charge is 0.233 e. The molecular weight excluding hydrogens is 216 g/mol. The highest BCUT2D eigenvalue weighted by Gasteiger charge is 2.01. The fourth-order valence-electron chi connectivity index (χ4n) is 1.52. The van der Waals surface area contributed by atoms with Gasteiger partial charge in [0.15, 0.2) is 0 Å². The van der Waals surface area contributed by atoms with E-state index in [0.29, 0.717) is 12.5 Å². The molecule has 0 spiro atoms. The summed E-state index contributed by atoms with van der Waals surface area (Å²) in [6, 6.07) is 3.79. The van der Waals surface area contributed by atoms with Crippen LogP contribution in [0.1, 0.15) is 19.5 Å². The highest BCUT2D eigenvalue weighted by Crippen LogP contribution is 2.04. The molecule has 0 bridgehead atoms. The summed E-state index contributed by atoms with van der Waals surface area (Å²) in [6.45, 7) is 8.70. The van der Waals surface area contributed by atoms with Gasteiger partial charge in [0.25, 0.3) is 0 Å². The van der Waals surface area contributed by atoms with Gasteiger partial charge in [0.05, 0.1) is 5.69 Å². The van der Waals surface area contributed by atoms with E-state index < -0.39 is 0 Å². The molecule has 1 N–H and O–H groups in total. The van der Waals surface area contributed by atoms with E-state index in [9.17, 15) is 0 Å². The molecule has 17 heavy (non-hydrogen) atoms. The van der Waals surface area contributed by atoms with Crippen molar-refractivity contribution in [2.24, 2.45) is 0 Å². The monoisotopic (exact) mass is 238 g/mol. The van der Waals surface area contributed by atoms with Crippen molar-refractivity contribution in [1.82, 2.24) is 20.4 Å². The van der Waals surface area contributed by atoms with Crippen LogP contribution in [-0.4, -0.2) is 48.4 Å². The minimum atomic E-state index is 0.594. The maximum atomic E-state index is 5.54. The van der Waals surface area contributed by atoms with Crippen molar-refractivity contribution in [3.63, 3.8) is 0 Å². The van der Waals surface area contributed by atoms with Crippen molar-refractivity contribution in [1.29, 1.82) is 0 Å². The second-order valence-electron chi connectivity index (χ2n) is 3.77. The molecule has 5 heteroatoms. The summed E-state index contributed by atoms with van der Waals surface area (Å²) in [5.41, 5.74) is 0.920. The molecule has 0 fully saturated rings. The summed E-state index contributed by atoms with van der Waals surface area (Å²) in [5, 5.41) is 11.1. The van der Waals surface area contributed by atoms with E-state index >= 15 is 0 Å². The Balaban J connectivity index is 2.31. The summed E-state index contributed by atoms with van der Waals surface area (Å²) in [7, 11) is 1.89. The minimum Gasteiger partial charge on any atom is -0.475 e. The summed E-state index contributed by atoms with van der Waals surface area (Å²) in [6.07, 6.45) is 0. The Labute approximate surface area is 103 Å². The van der Waals surface area contributed by atoms with Gasteiger partial charge < -0.3 is 15.0 Å². The summed E-state index contributed by atoms with van der Waals surface area (Å²) in [5.74, 6) is 0.594. The van der Waals surface area contributed by atoms with Crippen LogP contribution in [0.5, 0.6) is 5.88 Å². The van der Waals surface area contributed by atoms with Crippen LogP contribution in [0, 0.1) is 0 Å². The lowest BCUT2D eigenvalue weighted by Gasteiger charge is -2.17. The second kappa shape index (κ2) is 7.97. The zero-order chi connectivity index (χ0) is 12.5. The van der Waals surface area contributed by atoms with Crippen molar-refractivity contribution in [2.45, 2.75) is 20.4 Å². The fraction of sp³-hybridized carbons (Fsp3) is 0.667. The molecule has 1 aromatic heterocycles. The molecule has 0 aromatic carbocycles. The number of likely N-dealkylation sites (N-methyl/N-ethyl adjacent to an activating group) is 1. The predicted octanol–water partition coefficient (Wildman–Crippen LogP) is 0.917. The number of ether oxygens (including phenoxy) is 1. The zero-order valence-electron chi connectivity index (χ0n) is 10.9. The van der Waals surface area contributed by atoms with Gasteiger partial charge in [0.2, 0.25) is 5.88 Å². The average molecular weight is 238 g/mol. The molecule has 0 aliphatic carbocycles. The molecule has 1 rings (SSSR count). The van der Waals surface area contributed by atoms with Crippen LogP contribution in [0.25, 0.3) is 0 Å². The van der Waals surface area contributed by atoms with E-state index in [-0.39, 0.29) is 0 Å². The average Bonchev–Trinajstić information content (AvgIpc) is 2.37. The van der Waals surface area contributed by atoms with Crippen LogP contribution in [-0.2, 0) is 6.54 Å². The largest absolute Gasteiger partial charge is 0.475 e. The molecule has 0 amide bonds. The number of aromatic nitrogens is 2. The van der Waals surface area contributed by atoms with Gasteiger partial charge in [-0.15, -0.1) is 5.10 Å². The first-order valence-corrected chi connectivity index (χ1v) is 6.12. The Morgan fingerprint density at radius 1 is 1.24 bits per heavy atom. The lowest BCUT2D eigenvalue weighted by atomic mass is 10.4. The molecule has 0 aliphatic rings. The third-order valence-electron chi connectivity index (χ3n) is 2.61. The predicted molar refractivity (Wildman–Crippen MR) is 68.1 cm³/mol. The SMILES string of the molecule is CCN(CC)CCOc1ccc(CNC)nn1. The van der Waals surface area contributed by atoms with Gasteiger partial charge in [-0.05, 0) is 26.2 Å². The molecule has 1 heterocycles. The summed E-state index contributed by atoms with van der Waals surface area (Å²) < 4.78 is 5.54. The Hall–Kier alpha value is -1.20. The molecule has 0 aliphatic heterocycles. The van der Waals surface area contributed by atoms with Crippen LogP contribution in [0.4, 0.5) is 0 Å². The zero-order valence-corrected chi connectivity index (χ0v) is 10.9.